The van der Waals surface area contributed by atoms with Crippen molar-refractivity contribution in [3.8, 4) is 5.82 Å². The highest BCUT2D eigenvalue weighted by atomic mass is 19.2. The molecule has 3 aromatic rings. The number of nitrogens with one attached hydrogen (secondary N) is 1. The Labute approximate surface area is 153 Å². The van der Waals surface area contributed by atoms with Crippen molar-refractivity contribution in [3.05, 3.63) is 76.5 Å². The fraction of sp³-hybridized carbons (Fsp3) is 0.211. The zero-order chi connectivity index (χ0) is 19.6. The predicted octanol–water partition coefficient (Wildman–Crippen LogP) is 3.27. The number of aryl methyl sites for hydroxylation is 1. The molecule has 8 heteroatoms. The number of amides is 1. The minimum atomic E-state index is -1.66. The van der Waals surface area contributed by atoms with Gasteiger partial charge in [0.15, 0.2) is 23.3 Å². The minimum Gasteiger partial charge on any atom is -0.352 e. The molecule has 27 heavy (non-hydrogen) atoms. The van der Waals surface area contributed by atoms with E-state index in [0.717, 1.165) is 29.1 Å². The molecule has 0 spiro atoms. The van der Waals surface area contributed by atoms with Gasteiger partial charge in [0, 0.05) is 18.4 Å². The highest BCUT2D eigenvalue weighted by Gasteiger charge is 2.19. The van der Waals surface area contributed by atoms with E-state index in [2.05, 4.69) is 15.4 Å². The van der Waals surface area contributed by atoms with Crippen molar-refractivity contribution in [2.75, 3.05) is 6.54 Å². The maximum atomic E-state index is 13.7. The second kappa shape index (κ2) is 7.61. The van der Waals surface area contributed by atoms with Crippen molar-refractivity contribution in [2.45, 2.75) is 20.3 Å². The Morgan fingerprint density at radius 1 is 1.11 bits per heavy atom. The van der Waals surface area contributed by atoms with Gasteiger partial charge in [-0.25, -0.2) is 22.8 Å². The quantitative estimate of drug-likeness (QED) is 0.698. The lowest BCUT2D eigenvalue weighted by atomic mass is 10.1. The average Bonchev–Trinajstić information content (AvgIpc) is 2.95. The summed E-state index contributed by atoms with van der Waals surface area (Å²) in [6.45, 7) is 3.92. The first-order chi connectivity index (χ1) is 12.9. The molecule has 1 aromatic carbocycles. The first kappa shape index (κ1) is 18.6. The Hall–Kier alpha value is -3.16. The van der Waals surface area contributed by atoms with Crippen molar-refractivity contribution in [1.29, 1.82) is 0 Å². The molecule has 5 nitrogen and oxygen atoms in total. The van der Waals surface area contributed by atoms with Gasteiger partial charge in [-0.3, -0.25) is 4.79 Å². The summed E-state index contributed by atoms with van der Waals surface area (Å²) in [6, 6.07) is 7.13. The summed E-state index contributed by atoms with van der Waals surface area (Å²) >= 11 is 0. The summed E-state index contributed by atoms with van der Waals surface area (Å²) in [5.74, 6) is -4.62. The van der Waals surface area contributed by atoms with Crippen LogP contribution in [0.25, 0.3) is 5.82 Å². The number of rotatable bonds is 5. The zero-order valence-corrected chi connectivity index (χ0v) is 14.8. The van der Waals surface area contributed by atoms with Gasteiger partial charge in [0.25, 0.3) is 5.91 Å². The molecule has 0 aliphatic carbocycles. The van der Waals surface area contributed by atoms with Crippen molar-refractivity contribution in [2.24, 2.45) is 0 Å². The van der Waals surface area contributed by atoms with Gasteiger partial charge in [-0.1, -0.05) is 6.07 Å². The molecule has 0 aliphatic rings. The van der Waals surface area contributed by atoms with Crippen molar-refractivity contribution < 1.29 is 18.0 Å². The summed E-state index contributed by atoms with van der Waals surface area (Å²) in [5.41, 5.74) is 2.05. The van der Waals surface area contributed by atoms with Crippen LogP contribution < -0.4 is 5.32 Å². The van der Waals surface area contributed by atoms with E-state index in [1.807, 2.05) is 32.0 Å². The molecule has 0 fully saturated rings. The molecule has 2 heterocycles. The number of pyridine rings is 1. The number of carbonyl (C=O) groups is 1. The Kier molecular flexibility index (Phi) is 5.25. The summed E-state index contributed by atoms with van der Waals surface area (Å²) in [7, 11) is 0. The third kappa shape index (κ3) is 3.69. The first-order valence-corrected chi connectivity index (χ1v) is 8.28. The topological polar surface area (TPSA) is 59.8 Å². The van der Waals surface area contributed by atoms with Crippen LogP contribution in [-0.2, 0) is 6.42 Å². The van der Waals surface area contributed by atoms with Crippen LogP contribution in [0.1, 0.15) is 27.3 Å². The lowest BCUT2D eigenvalue weighted by molar-refractivity contribution is 0.0948. The first-order valence-electron chi connectivity index (χ1n) is 8.28. The third-order valence-electron chi connectivity index (χ3n) is 4.25. The fourth-order valence-electron chi connectivity index (χ4n) is 2.84. The molecule has 2 aromatic heterocycles. The van der Waals surface area contributed by atoms with Crippen molar-refractivity contribution >= 4 is 5.91 Å². The maximum absolute atomic E-state index is 13.7. The van der Waals surface area contributed by atoms with Crippen LogP contribution in [0.2, 0.25) is 0 Å². The van der Waals surface area contributed by atoms with Crippen LogP contribution in [0.3, 0.4) is 0 Å². The Bertz CT molecular complexity index is 986. The van der Waals surface area contributed by atoms with Crippen LogP contribution in [-0.4, -0.2) is 27.2 Å². The number of hydrogen-bond acceptors (Lipinski definition) is 3. The molecule has 140 valence electrons. The lowest BCUT2D eigenvalue weighted by Gasteiger charge is -2.08. The summed E-state index contributed by atoms with van der Waals surface area (Å²) in [5, 5.41) is 6.98. The molecule has 0 radical (unpaired) electrons. The molecule has 1 N–H and O–H groups in total. The SMILES string of the molecule is Cc1nn(-c2ccccn2)c(C)c1CCNC(=O)c1ccc(F)c(F)c1F. The molecule has 0 saturated heterocycles. The van der Waals surface area contributed by atoms with Gasteiger partial charge in [-0.2, -0.15) is 5.10 Å². The molecule has 0 unspecified atom stereocenters. The van der Waals surface area contributed by atoms with Gasteiger partial charge in [0.1, 0.15) is 0 Å². The average molecular weight is 374 g/mol. The largest absolute Gasteiger partial charge is 0.352 e. The van der Waals surface area contributed by atoms with Gasteiger partial charge >= 0.3 is 0 Å². The molecule has 0 aliphatic heterocycles. The van der Waals surface area contributed by atoms with Crippen LogP contribution in [0.4, 0.5) is 13.2 Å². The Morgan fingerprint density at radius 3 is 2.59 bits per heavy atom. The molecular formula is C19H17F3N4O. The van der Waals surface area contributed by atoms with E-state index in [-0.39, 0.29) is 6.54 Å². The monoisotopic (exact) mass is 374 g/mol. The van der Waals surface area contributed by atoms with E-state index >= 15 is 0 Å². The molecule has 0 atom stereocenters. The van der Waals surface area contributed by atoms with E-state index in [1.165, 1.54) is 0 Å². The molecule has 0 saturated carbocycles. The number of nitrogens with zero attached hydrogens (tertiary/aromatic N) is 3. The number of halogens is 3. The van der Waals surface area contributed by atoms with Crippen molar-refractivity contribution in [3.63, 3.8) is 0 Å². The van der Waals surface area contributed by atoms with E-state index < -0.39 is 28.9 Å². The third-order valence-corrected chi connectivity index (χ3v) is 4.25. The van der Waals surface area contributed by atoms with Crippen LogP contribution in [0.5, 0.6) is 0 Å². The van der Waals surface area contributed by atoms with E-state index in [0.29, 0.717) is 12.2 Å². The molecule has 0 bridgehead atoms. The predicted molar refractivity (Wildman–Crippen MR) is 93.2 cm³/mol. The number of aromatic nitrogens is 3. The van der Waals surface area contributed by atoms with Gasteiger partial charge in [-0.15, -0.1) is 0 Å². The van der Waals surface area contributed by atoms with Gasteiger partial charge in [-0.05, 0) is 50.1 Å². The van der Waals surface area contributed by atoms with E-state index in [1.54, 1.807) is 10.9 Å². The van der Waals surface area contributed by atoms with Gasteiger partial charge in [0.2, 0.25) is 0 Å². The number of benzene rings is 1. The smallest absolute Gasteiger partial charge is 0.254 e. The molecule has 1 amide bonds. The lowest BCUT2D eigenvalue weighted by Crippen LogP contribution is -2.27. The van der Waals surface area contributed by atoms with Gasteiger partial charge < -0.3 is 5.32 Å². The highest BCUT2D eigenvalue weighted by molar-refractivity contribution is 5.94. The van der Waals surface area contributed by atoms with Crippen LogP contribution in [0.15, 0.2) is 36.5 Å². The number of hydrogen-bond donors (Lipinski definition) is 1. The van der Waals surface area contributed by atoms with Crippen LogP contribution in [0, 0.1) is 31.3 Å². The minimum absolute atomic E-state index is 0.187. The standard InChI is InChI=1S/C19H17F3N4O/c1-11-13(12(2)26(25-11)16-5-3-4-9-23-16)8-10-24-19(27)14-6-7-15(20)18(22)17(14)21/h3-7,9H,8,10H2,1-2H3,(H,24,27). The molecular weight excluding hydrogens is 357 g/mol. The highest BCUT2D eigenvalue weighted by Crippen LogP contribution is 2.18. The zero-order valence-electron chi connectivity index (χ0n) is 14.8. The summed E-state index contributed by atoms with van der Waals surface area (Å²) < 4.78 is 41.6. The van der Waals surface area contributed by atoms with Crippen molar-refractivity contribution in [1.82, 2.24) is 20.1 Å². The van der Waals surface area contributed by atoms with E-state index in [4.69, 9.17) is 0 Å². The second-order valence-corrected chi connectivity index (χ2v) is 5.98. The van der Waals surface area contributed by atoms with E-state index in [9.17, 15) is 18.0 Å². The Morgan fingerprint density at radius 2 is 1.89 bits per heavy atom. The Balaban J connectivity index is 1.70. The van der Waals surface area contributed by atoms with Gasteiger partial charge in [0.05, 0.1) is 11.3 Å². The summed E-state index contributed by atoms with van der Waals surface area (Å²) in [6.07, 6.45) is 2.11. The summed E-state index contributed by atoms with van der Waals surface area (Å²) in [4.78, 5) is 16.3. The number of carbonyl (C=O) groups excluding carboxylic acids is 1. The van der Waals surface area contributed by atoms with Crippen LogP contribution >= 0.6 is 0 Å². The fourth-order valence-corrected chi connectivity index (χ4v) is 2.84. The maximum Gasteiger partial charge on any atom is 0.254 e. The molecule has 3 rings (SSSR count). The second-order valence-electron chi connectivity index (χ2n) is 5.98. The normalized spacial score (nSPS) is 10.9.